The van der Waals surface area contributed by atoms with Crippen molar-refractivity contribution < 1.29 is 70.5 Å². The minimum atomic E-state index is -4.64. The molecule has 0 aromatic heterocycles. The fraction of sp³-hybridized carbons (Fsp3) is 0.933. The topological polar surface area (TPSA) is 230 Å². The van der Waals surface area contributed by atoms with Gasteiger partial charge in [-0.2, -0.15) is 19.6 Å². The Bertz CT molecular complexity index is 1390. The van der Waals surface area contributed by atoms with Crippen molar-refractivity contribution in [3.8, 4) is 0 Å². The van der Waals surface area contributed by atoms with Crippen molar-refractivity contribution in [1.29, 1.82) is 0 Å². The molecule has 24 heteroatoms. The maximum Gasteiger partial charge on any atom is 1.00 e. The maximum atomic E-state index is 11.3. The van der Waals surface area contributed by atoms with E-state index < -0.39 is 57.1 Å². The minimum Gasteiger partial charge on any atom is -0.343 e. The number of nitrogens with one attached hydrogen (secondary N) is 2. The predicted octanol–water partition coefficient (Wildman–Crippen LogP) is 2.94. The zero-order valence-corrected chi connectivity index (χ0v) is 39.2. The Morgan fingerprint density at radius 2 is 1.04 bits per heavy atom. The first-order valence-corrected chi connectivity index (χ1v) is 24.8. The van der Waals surface area contributed by atoms with Gasteiger partial charge >= 0.3 is 25.0 Å². The van der Waals surface area contributed by atoms with E-state index in [0.29, 0.717) is 24.6 Å². The summed E-state index contributed by atoms with van der Waals surface area (Å²) < 4.78 is 122. The van der Waals surface area contributed by atoms with E-state index in [9.17, 15) is 46.8 Å². The van der Waals surface area contributed by atoms with Crippen LogP contribution < -0.4 is 39.2 Å². The summed E-state index contributed by atoms with van der Waals surface area (Å²) in [5.41, 5.74) is 4.62. The van der Waals surface area contributed by atoms with E-state index in [0.717, 1.165) is 32.1 Å². The van der Waals surface area contributed by atoms with E-state index in [1.54, 1.807) is 0 Å². The Morgan fingerprint density at radius 1 is 0.741 bits per heavy atom. The Balaban J connectivity index is -0.000000128. The first-order chi connectivity index (χ1) is 23.2. The van der Waals surface area contributed by atoms with Gasteiger partial charge in [-0.25, -0.2) is 48.3 Å². The molecular weight excluding hydrogens is 859 g/mol. The van der Waals surface area contributed by atoms with Crippen LogP contribution in [0, 0.1) is 6.92 Å². The molecule has 0 aromatic rings. The Labute approximate surface area is 351 Å². The molecule has 2 aliphatic carbocycles. The SMILES string of the molecule is CC(C)(C)N.CC(C)(C)NS(=O)(=O)C1CC1.CC(C)(C)NS(=O)(=O)CCCCl.NS(=O)(=O)C1CC1.O=CC(F)(F)F.O=S(=O)(Cl)CCCCl.[CH2-]CCC.[Li+]. The third-order valence-corrected chi connectivity index (χ3v) is 11.6. The van der Waals surface area contributed by atoms with Gasteiger partial charge in [0.05, 0.1) is 22.0 Å². The molecule has 2 aliphatic rings. The van der Waals surface area contributed by atoms with Crippen LogP contribution >= 0.6 is 33.9 Å². The second kappa shape index (κ2) is 30.6. The van der Waals surface area contributed by atoms with E-state index >= 15 is 0 Å². The van der Waals surface area contributed by atoms with Crippen molar-refractivity contribution in [1.82, 2.24) is 9.44 Å². The summed E-state index contributed by atoms with van der Waals surface area (Å²) in [4.78, 5) is 8.70. The van der Waals surface area contributed by atoms with Gasteiger partial charge in [0.1, 0.15) is 0 Å². The molecule has 54 heavy (non-hydrogen) atoms. The van der Waals surface area contributed by atoms with Gasteiger partial charge in [0.25, 0.3) is 0 Å². The first-order valence-electron chi connectivity index (χ1n) is 16.4. The summed E-state index contributed by atoms with van der Waals surface area (Å²) in [6.07, 6.45) is 0.669. The molecule has 326 valence electrons. The van der Waals surface area contributed by atoms with Crippen molar-refractivity contribution in [2.24, 2.45) is 10.9 Å². The van der Waals surface area contributed by atoms with Crippen LogP contribution in [-0.2, 0) is 43.9 Å². The van der Waals surface area contributed by atoms with Crippen LogP contribution in [0.5, 0.6) is 0 Å². The van der Waals surface area contributed by atoms with Crippen LogP contribution in [0.1, 0.15) is 121 Å². The number of hydrogen-bond donors (Lipinski definition) is 4. The number of hydrogen-bond acceptors (Lipinski definition) is 10. The largest absolute Gasteiger partial charge is 1.00 e. The normalized spacial score (nSPS) is 14.6. The van der Waals surface area contributed by atoms with Gasteiger partial charge < -0.3 is 12.7 Å². The van der Waals surface area contributed by atoms with Crippen LogP contribution in [0.2, 0.25) is 0 Å². The zero-order chi connectivity index (χ0) is 43.8. The number of rotatable bonds is 11. The van der Waals surface area contributed by atoms with Crippen molar-refractivity contribution in [3.05, 3.63) is 6.92 Å². The Morgan fingerprint density at radius 3 is 1.19 bits per heavy atom. The number of nitrogens with two attached hydrogens (primary N) is 2. The average Bonchev–Trinajstić information content (AvgIpc) is 3.79. The van der Waals surface area contributed by atoms with Gasteiger partial charge in [-0.3, -0.25) is 4.79 Å². The fourth-order valence-electron chi connectivity index (χ4n) is 2.27. The standard InChI is InChI=1S/C7H16ClNO2S.C7H15NO2S.C4H11N.C4H9.C3H6Cl2O2S.C3H7NO2S.C2HF3O.Li/c1-7(2,3)9-12(10,11)6-4-5-8;1-7(2,3)8-11(9,10)6-4-5-6;1-4(2,3)5;1-3-4-2;4-2-1-3-8(5,6)7;4-7(5,6)3-1-2-3;3-2(4,5)1-6;/h9H,4-6H2,1-3H3;6,8H,4-5H2,1-3H3;5H2,1-3H3;1,3-4H2,2H3;1-3H2;3H,1-2H2,(H2,4,5,6);1H;/q;;;-1;;;;+1. The van der Waals surface area contributed by atoms with Crippen LogP contribution in [0.25, 0.3) is 0 Å². The number of primary sulfonamides is 1. The quantitative estimate of drug-likeness (QED) is 0.0779. The van der Waals surface area contributed by atoms with Crippen LogP contribution in [0.4, 0.5) is 13.2 Å². The number of carbonyl (C=O) groups excluding carboxylic acids is 1. The van der Waals surface area contributed by atoms with Crippen molar-refractivity contribution >= 4 is 79.3 Å². The molecule has 0 radical (unpaired) electrons. The van der Waals surface area contributed by atoms with Crippen LogP contribution in [0.3, 0.4) is 0 Å². The van der Waals surface area contributed by atoms with Crippen molar-refractivity contribution in [3.63, 3.8) is 0 Å². The van der Waals surface area contributed by atoms with Crippen molar-refractivity contribution in [2.75, 3.05) is 23.3 Å². The van der Waals surface area contributed by atoms with E-state index in [-0.39, 0.29) is 51.9 Å². The summed E-state index contributed by atoms with van der Waals surface area (Å²) in [5.74, 6) is 0.794. The van der Waals surface area contributed by atoms with Gasteiger partial charge in [0.15, 0.2) is 0 Å². The van der Waals surface area contributed by atoms with Crippen LogP contribution in [-0.4, -0.2) is 96.5 Å². The van der Waals surface area contributed by atoms with Gasteiger partial charge in [0.2, 0.25) is 45.4 Å². The molecule has 0 heterocycles. The van der Waals surface area contributed by atoms with E-state index in [4.69, 9.17) is 49.6 Å². The molecule has 0 unspecified atom stereocenters. The molecule has 0 atom stereocenters. The summed E-state index contributed by atoms with van der Waals surface area (Å²) in [6.45, 7) is 22.6. The summed E-state index contributed by atoms with van der Waals surface area (Å²) in [6, 6.07) is 0. The third kappa shape index (κ3) is 70.4. The molecular formula is C30H65Cl3F3LiN4O9S4. The smallest absolute Gasteiger partial charge is 0.343 e. The molecule has 0 aliphatic heterocycles. The number of alkyl halides is 5. The van der Waals surface area contributed by atoms with Gasteiger partial charge in [-0.05, 0) is 101 Å². The number of unbranched alkanes of at least 4 members (excludes halogenated alkanes) is 1. The summed E-state index contributed by atoms with van der Waals surface area (Å²) in [7, 11) is -7.73. The molecule has 2 saturated carbocycles. The number of carbonyl (C=O) groups is 1. The van der Waals surface area contributed by atoms with Crippen LogP contribution in [0.15, 0.2) is 0 Å². The molecule has 2 rings (SSSR count). The number of halogens is 6. The molecule has 0 bridgehead atoms. The monoisotopic (exact) mass is 922 g/mol. The molecule has 6 N–H and O–H groups in total. The zero-order valence-electron chi connectivity index (χ0n) is 33.7. The molecule has 0 aromatic carbocycles. The molecule has 13 nitrogen and oxygen atoms in total. The second-order valence-corrected chi connectivity index (χ2v) is 24.1. The fourth-order valence-corrected chi connectivity index (χ4v) is 7.80. The molecule has 0 amide bonds. The Hall–Kier alpha value is 0.567. The molecule has 0 saturated heterocycles. The number of aldehydes is 1. The summed E-state index contributed by atoms with van der Waals surface area (Å²) in [5, 5.41) is 4.40. The van der Waals surface area contributed by atoms with E-state index in [1.165, 1.54) is 6.42 Å². The van der Waals surface area contributed by atoms with Gasteiger partial charge in [0, 0.05) is 39.1 Å². The number of sulfonamides is 3. The molecule has 0 spiro atoms. The van der Waals surface area contributed by atoms with E-state index in [2.05, 4.69) is 23.3 Å². The first kappa shape index (κ1) is 66.4. The Kier molecular flexibility index (Phi) is 37.6. The third-order valence-electron chi connectivity index (χ3n) is 4.42. The van der Waals surface area contributed by atoms with Crippen molar-refractivity contribution in [2.45, 2.75) is 154 Å². The maximum absolute atomic E-state index is 11.3. The van der Waals surface area contributed by atoms with E-state index in [1.807, 2.05) is 62.3 Å². The van der Waals surface area contributed by atoms with Gasteiger partial charge in [-0.1, -0.05) is 13.3 Å². The van der Waals surface area contributed by atoms with Gasteiger partial charge in [-0.15, -0.1) is 23.2 Å². The molecule has 2 fully saturated rings. The average molecular weight is 924 g/mol. The predicted molar refractivity (Wildman–Crippen MR) is 214 cm³/mol. The summed E-state index contributed by atoms with van der Waals surface area (Å²) >= 11 is 10.6. The minimum absolute atomic E-state index is 0. The second-order valence-electron chi connectivity index (χ2n) is 14.8.